The average molecular weight is 652 g/mol. The Labute approximate surface area is 301 Å². The van der Waals surface area contributed by atoms with Crippen molar-refractivity contribution in [3.63, 3.8) is 0 Å². The summed E-state index contributed by atoms with van der Waals surface area (Å²) in [7, 11) is 0. The summed E-state index contributed by atoms with van der Waals surface area (Å²) in [6, 6.07) is 80.1. The summed E-state index contributed by atoms with van der Waals surface area (Å²) in [6.07, 6.45) is 0. The molecule has 0 radical (unpaired) electrons. The topological polar surface area (TPSA) is 3.24 Å². The van der Waals surface area contributed by atoms with E-state index in [2.05, 4.69) is 229 Å². The van der Waals surface area contributed by atoms with Gasteiger partial charge in [0.05, 0.1) is 0 Å². The van der Waals surface area contributed by atoms with Crippen LogP contribution in [0.2, 0.25) is 0 Å². The molecule has 0 fully saturated rings. The van der Waals surface area contributed by atoms with E-state index in [0.717, 1.165) is 17.1 Å². The average Bonchev–Trinajstić information content (AvgIpc) is 3.22. The second kappa shape index (κ2) is 14.8. The van der Waals surface area contributed by atoms with Gasteiger partial charge in [-0.25, -0.2) is 0 Å². The lowest BCUT2D eigenvalue weighted by atomic mass is 9.85. The van der Waals surface area contributed by atoms with Gasteiger partial charge >= 0.3 is 0 Å². The number of hydrogen-bond acceptors (Lipinski definition) is 1. The van der Waals surface area contributed by atoms with Crippen LogP contribution in [0, 0.1) is 0 Å². The van der Waals surface area contributed by atoms with Crippen LogP contribution in [-0.4, -0.2) is 0 Å². The van der Waals surface area contributed by atoms with Gasteiger partial charge in [-0.05, 0) is 98.1 Å². The minimum Gasteiger partial charge on any atom is -0.311 e. The van der Waals surface area contributed by atoms with Gasteiger partial charge in [-0.1, -0.05) is 182 Å². The van der Waals surface area contributed by atoms with Crippen molar-refractivity contribution in [2.24, 2.45) is 0 Å². The van der Waals surface area contributed by atoms with E-state index >= 15 is 0 Å². The Balaban J connectivity index is 1.20. The van der Waals surface area contributed by atoms with Crippen molar-refractivity contribution in [2.45, 2.75) is 0 Å². The predicted octanol–water partition coefficient (Wildman–Crippen LogP) is 13.5. The van der Waals surface area contributed by atoms with Crippen LogP contribution in [0.25, 0.3) is 33.4 Å². The van der Waals surface area contributed by atoms with Crippen LogP contribution in [0.5, 0.6) is 0 Å². The normalized spacial score (nSPS) is 10.7. The Morgan fingerprint density at radius 1 is 0.235 bits per heavy atom. The molecular weight excluding hydrogens is 615 g/mol. The first kappa shape index (κ1) is 31.6. The molecule has 0 unspecified atom stereocenters. The highest BCUT2D eigenvalue weighted by Crippen LogP contribution is 2.39. The summed E-state index contributed by atoms with van der Waals surface area (Å²) >= 11 is 0. The zero-order valence-electron chi connectivity index (χ0n) is 28.3. The summed E-state index contributed by atoms with van der Waals surface area (Å²) in [4.78, 5) is 2.32. The molecule has 0 heterocycles. The molecule has 8 rings (SSSR count). The van der Waals surface area contributed by atoms with Crippen LogP contribution in [0.4, 0.5) is 17.1 Å². The molecule has 0 saturated heterocycles. The zero-order valence-corrected chi connectivity index (χ0v) is 28.3. The summed E-state index contributed by atoms with van der Waals surface area (Å²) in [6.45, 7) is 0. The first-order chi connectivity index (χ1) is 25.3. The molecule has 0 saturated carbocycles. The third-order valence-corrected chi connectivity index (χ3v) is 9.29. The van der Waals surface area contributed by atoms with E-state index < -0.39 is 0 Å². The first-order valence-electron chi connectivity index (χ1n) is 17.4. The fraction of sp³-hybridized carbons (Fsp3) is 0. The Hall–Kier alpha value is -6.70. The first-order valence-corrected chi connectivity index (χ1v) is 17.4. The van der Waals surface area contributed by atoms with Gasteiger partial charge in [0.2, 0.25) is 0 Å². The zero-order chi connectivity index (χ0) is 34.2. The summed E-state index contributed by atoms with van der Waals surface area (Å²) in [5.41, 5.74) is 15.3. The molecule has 0 atom stereocenters. The van der Waals surface area contributed by atoms with E-state index in [-0.39, 0.29) is 0 Å². The van der Waals surface area contributed by atoms with Gasteiger partial charge in [-0.3, -0.25) is 0 Å². The molecule has 0 aliphatic heterocycles. The smallest absolute Gasteiger partial charge is 0.0462 e. The molecule has 8 aromatic carbocycles. The van der Waals surface area contributed by atoms with Crippen LogP contribution < -0.4 is 4.90 Å². The van der Waals surface area contributed by atoms with E-state index in [1.54, 1.807) is 0 Å². The van der Waals surface area contributed by atoms with Crippen LogP contribution >= 0.6 is 0 Å². The second-order valence-electron chi connectivity index (χ2n) is 12.6. The third-order valence-electron chi connectivity index (χ3n) is 9.29. The Morgan fingerprint density at radius 3 is 1.02 bits per heavy atom. The van der Waals surface area contributed by atoms with Crippen LogP contribution in [0.1, 0.15) is 22.3 Å². The monoisotopic (exact) mass is 651 g/mol. The standard InChI is InChI=1S/C50H37N/c1-6-17-38(18-7-1)39-29-33-47(34-30-39)51(46-27-14-5-15-28-46)48-35-31-40(32-36-48)44-25-16-26-45(37-44)50(43-23-12-4-13-24-43)49(41-19-8-2-9-20-41)42-21-10-3-11-22-42/h1-37H. The maximum Gasteiger partial charge on any atom is 0.0462 e. The molecule has 51 heavy (non-hydrogen) atoms. The fourth-order valence-electron chi connectivity index (χ4n) is 6.84. The Bertz CT molecular complexity index is 2300. The van der Waals surface area contributed by atoms with Gasteiger partial charge in [-0.2, -0.15) is 0 Å². The van der Waals surface area contributed by atoms with Crippen molar-refractivity contribution in [3.05, 3.63) is 247 Å². The molecule has 0 aromatic heterocycles. The molecule has 0 bridgehead atoms. The van der Waals surface area contributed by atoms with Gasteiger partial charge in [0.15, 0.2) is 0 Å². The summed E-state index contributed by atoms with van der Waals surface area (Å²) in [5, 5.41) is 0. The molecule has 0 aliphatic rings. The molecule has 8 aromatic rings. The van der Waals surface area contributed by atoms with Crippen LogP contribution in [-0.2, 0) is 0 Å². The van der Waals surface area contributed by atoms with Crippen molar-refractivity contribution in [1.29, 1.82) is 0 Å². The number of hydrogen-bond donors (Lipinski definition) is 0. The predicted molar refractivity (Wildman–Crippen MR) is 216 cm³/mol. The van der Waals surface area contributed by atoms with E-state index in [9.17, 15) is 0 Å². The van der Waals surface area contributed by atoms with Crippen molar-refractivity contribution in [2.75, 3.05) is 4.90 Å². The quantitative estimate of drug-likeness (QED) is 0.140. The Morgan fingerprint density at radius 2 is 0.549 bits per heavy atom. The van der Waals surface area contributed by atoms with Gasteiger partial charge in [0.1, 0.15) is 0 Å². The highest BCUT2D eigenvalue weighted by molar-refractivity contribution is 6.05. The SMILES string of the molecule is c1ccc(C(=C(c2ccccc2)c2cccc(-c3ccc(N(c4ccccc4)c4ccc(-c5ccccc5)cc4)cc3)c2)c2ccccc2)cc1. The maximum absolute atomic E-state index is 2.33. The minimum absolute atomic E-state index is 1.11. The van der Waals surface area contributed by atoms with Crippen molar-refractivity contribution in [1.82, 2.24) is 0 Å². The molecule has 0 amide bonds. The van der Waals surface area contributed by atoms with Crippen molar-refractivity contribution in [3.8, 4) is 22.3 Å². The number of para-hydroxylation sites is 1. The second-order valence-corrected chi connectivity index (χ2v) is 12.6. The van der Waals surface area contributed by atoms with Gasteiger partial charge < -0.3 is 4.90 Å². The van der Waals surface area contributed by atoms with Gasteiger partial charge in [0.25, 0.3) is 0 Å². The highest BCUT2D eigenvalue weighted by atomic mass is 15.1. The number of rotatable bonds is 9. The minimum atomic E-state index is 1.11. The van der Waals surface area contributed by atoms with Gasteiger partial charge in [0, 0.05) is 17.1 Å². The largest absolute Gasteiger partial charge is 0.311 e. The molecule has 1 heteroatoms. The van der Waals surface area contributed by atoms with Crippen molar-refractivity contribution >= 4 is 28.2 Å². The third kappa shape index (κ3) is 6.92. The number of nitrogens with zero attached hydrogens (tertiary/aromatic N) is 1. The van der Waals surface area contributed by atoms with Crippen LogP contribution in [0.3, 0.4) is 0 Å². The highest BCUT2D eigenvalue weighted by Gasteiger charge is 2.17. The molecule has 0 aliphatic carbocycles. The van der Waals surface area contributed by atoms with E-state index in [1.807, 2.05) is 0 Å². The molecular formula is C50H37N. The summed E-state index contributed by atoms with van der Waals surface area (Å²) < 4.78 is 0. The number of benzene rings is 8. The van der Waals surface area contributed by atoms with E-state index in [0.29, 0.717) is 0 Å². The fourth-order valence-corrected chi connectivity index (χ4v) is 6.84. The number of anilines is 3. The lowest BCUT2D eigenvalue weighted by molar-refractivity contribution is 1.28. The Kier molecular flexibility index (Phi) is 9.17. The maximum atomic E-state index is 2.33. The lowest BCUT2D eigenvalue weighted by Gasteiger charge is -2.26. The van der Waals surface area contributed by atoms with Gasteiger partial charge in [-0.15, -0.1) is 0 Å². The van der Waals surface area contributed by atoms with E-state index in [1.165, 1.54) is 55.7 Å². The lowest BCUT2D eigenvalue weighted by Crippen LogP contribution is -2.09. The molecule has 0 N–H and O–H groups in total. The van der Waals surface area contributed by atoms with Crippen molar-refractivity contribution < 1.29 is 0 Å². The van der Waals surface area contributed by atoms with E-state index in [4.69, 9.17) is 0 Å². The molecule has 0 spiro atoms. The summed E-state index contributed by atoms with van der Waals surface area (Å²) in [5.74, 6) is 0. The van der Waals surface area contributed by atoms with Crippen LogP contribution in [0.15, 0.2) is 224 Å². The molecule has 242 valence electrons. The molecule has 1 nitrogen and oxygen atoms in total.